The minimum atomic E-state index is -0.0846. The van der Waals surface area contributed by atoms with Crippen LogP contribution in [0.2, 0.25) is 0 Å². The first kappa shape index (κ1) is 19.0. The predicted octanol–water partition coefficient (Wildman–Crippen LogP) is 4.09. The van der Waals surface area contributed by atoms with Crippen LogP contribution in [0.5, 0.6) is 0 Å². The Morgan fingerprint density at radius 3 is 2.54 bits per heavy atom. The number of rotatable bonds is 7. The van der Waals surface area contributed by atoms with Gasteiger partial charge in [0.2, 0.25) is 0 Å². The molecular formula is C22H31N5O. The third-order valence-electron chi connectivity index (χ3n) is 5.92. The number of hydrogen-bond donors (Lipinski definition) is 1. The highest BCUT2D eigenvalue weighted by Gasteiger charge is 2.30. The summed E-state index contributed by atoms with van der Waals surface area (Å²) in [5.41, 5.74) is 4.42. The molecule has 0 saturated carbocycles. The number of unbranched alkanes of at least 4 members (excludes halogenated alkanes) is 3. The van der Waals surface area contributed by atoms with Gasteiger partial charge in [0.15, 0.2) is 0 Å². The molecule has 1 fully saturated rings. The van der Waals surface area contributed by atoms with Crippen LogP contribution in [-0.4, -0.2) is 46.8 Å². The van der Waals surface area contributed by atoms with E-state index in [1.807, 2.05) is 32.2 Å². The largest absolute Gasteiger partial charge is 0.336 e. The van der Waals surface area contributed by atoms with E-state index in [9.17, 15) is 4.79 Å². The molecule has 6 nitrogen and oxygen atoms in total. The van der Waals surface area contributed by atoms with E-state index >= 15 is 0 Å². The van der Waals surface area contributed by atoms with Gasteiger partial charge >= 0.3 is 0 Å². The molecule has 2 aromatic rings. The Balaban J connectivity index is 1.45. The summed E-state index contributed by atoms with van der Waals surface area (Å²) in [6, 6.07) is 8.07. The third kappa shape index (κ3) is 3.78. The molecule has 2 aliphatic rings. The van der Waals surface area contributed by atoms with Gasteiger partial charge in [-0.15, -0.1) is 0 Å². The lowest BCUT2D eigenvalue weighted by molar-refractivity contribution is 0.101. The van der Waals surface area contributed by atoms with Crippen molar-refractivity contribution in [2.24, 2.45) is 7.05 Å². The summed E-state index contributed by atoms with van der Waals surface area (Å²) in [5, 5.41) is 7.58. The van der Waals surface area contributed by atoms with E-state index in [1.54, 1.807) is 4.68 Å². The van der Waals surface area contributed by atoms with Crippen molar-refractivity contribution in [3.63, 3.8) is 0 Å². The van der Waals surface area contributed by atoms with E-state index in [4.69, 9.17) is 0 Å². The number of nitrogens with zero attached hydrogens (tertiary/aromatic N) is 4. The van der Waals surface area contributed by atoms with Gasteiger partial charge in [0.05, 0.1) is 22.8 Å². The van der Waals surface area contributed by atoms with Gasteiger partial charge in [-0.1, -0.05) is 25.0 Å². The maximum atomic E-state index is 12.8. The van der Waals surface area contributed by atoms with E-state index in [1.165, 1.54) is 51.7 Å². The van der Waals surface area contributed by atoms with Crippen LogP contribution in [0.15, 0.2) is 24.3 Å². The van der Waals surface area contributed by atoms with Gasteiger partial charge in [0, 0.05) is 13.6 Å². The van der Waals surface area contributed by atoms with E-state index in [-0.39, 0.29) is 5.91 Å². The zero-order chi connectivity index (χ0) is 19.5. The molecule has 0 atom stereocenters. The first-order chi connectivity index (χ1) is 13.6. The standard InChI is InChI=1S/C22H31N5O/c1-17-20-21(25(2)24-17)22(28)23-18-11-5-6-12-19(18)27(20)16-8-4-3-7-13-26-14-9-10-15-26/h5-6,11-12H,3-4,7-10,13-16H2,1-2H3,(H,23,28). The zero-order valence-electron chi connectivity index (χ0n) is 17.1. The topological polar surface area (TPSA) is 53.4 Å². The molecule has 150 valence electrons. The molecule has 0 radical (unpaired) electrons. The van der Waals surface area contributed by atoms with Gasteiger partial charge in [0.1, 0.15) is 5.69 Å². The Hall–Kier alpha value is -2.34. The van der Waals surface area contributed by atoms with Crippen LogP contribution < -0.4 is 10.2 Å². The number of fused-ring (bicyclic) bond motifs is 2. The summed E-state index contributed by atoms with van der Waals surface area (Å²) in [6.45, 7) is 6.71. The summed E-state index contributed by atoms with van der Waals surface area (Å²) in [6.07, 6.45) is 7.61. The summed E-state index contributed by atoms with van der Waals surface area (Å²) < 4.78 is 1.70. The van der Waals surface area contributed by atoms with E-state index < -0.39 is 0 Å². The van der Waals surface area contributed by atoms with Gasteiger partial charge in [0.25, 0.3) is 5.91 Å². The molecule has 6 heteroatoms. The van der Waals surface area contributed by atoms with Crippen molar-refractivity contribution in [2.75, 3.05) is 36.4 Å². The van der Waals surface area contributed by atoms with Crippen molar-refractivity contribution in [3.05, 3.63) is 35.7 Å². The number of aromatic nitrogens is 2. The molecule has 1 amide bonds. The minimum absolute atomic E-state index is 0.0846. The molecule has 1 aromatic heterocycles. The number of likely N-dealkylation sites (tertiary alicyclic amines) is 1. The second-order valence-electron chi connectivity index (χ2n) is 7.99. The zero-order valence-corrected chi connectivity index (χ0v) is 17.1. The minimum Gasteiger partial charge on any atom is -0.336 e. The number of benzene rings is 1. The van der Waals surface area contributed by atoms with Crippen molar-refractivity contribution in [1.29, 1.82) is 0 Å². The van der Waals surface area contributed by atoms with Gasteiger partial charge in [-0.25, -0.2) is 0 Å². The molecule has 0 spiro atoms. The van der Waals surface area contributed by atoms with Crippen LogP contribution in [0.1, 0.15) is 54.7 Å². The molecule has 1 N–H and O–H groups in total. The molecular weight excluding hydrogens is 350 g/mol. The lowest BCUT2D eigenvalue weighted by Crippen LogP contribution is -2.21. The Morgan fingerprint density at radius 2 is 1.75 bits per heavy atom. The maximum absolute atomic E-state index is 12.8. The number of carbonyl (C=O) groups excluding carboxylic acids is 1. The number of carbonyl (C=O) groups is 1. The summed E-state index contributed by atoms with van der Waals surface area (Å²) in [7, 11) is 1.85. The lowest BCUT2D eigenvalue weighted by atomic mass is 10.1. The number of para-hydroxylation sites is 2. The molecule has 1 saturated heterocycles. The fourth-order valence-electron chi connectivity index (χ4n) is 4.54. The molecule has 2 aliphatic heterocycles. The monoisotopic (exact) mass is 381 g/mol. The fourth-order valence-corrected chi connectivity index (χ4v) is 4.54. The molecule has 4 rings (SSSR count). The average Bonchev–Trinajstić information content (AvgIpc) is 3.26. The van der Waals surface area contributed by atoms with Crippen molar-refractivity contribution >= 4 is 23.0 Å². The van der Waals surface area contributed by atoms with Gasteiger partial charge in [-0.05, 0) is 64.4 Å². The normalized spacial score (nSPS) is 16.6. The Morgan fingerprint density at radius 1 is 1.04 bits per heavy atom. The molecule has 0 aliphatic carbocycles. The molecule has 28 heavy (non-hydrogen) atoms. The highest BCUT2D eigenvalue weighted by Crippen LogP contribution is 2.39. The second-order valence-corrected chi connectivity index (χ2v) is 7.99. The van der Waals surface area contributed by atoms with Gasteiger partial charge in [-0.2, -0.15) is 5.10 Å². The summed E-state index contributed by atoms with van der Waals surface area (Å²) >= 11 is 0. The Kier molecular flexibility index (Phi) is 5.67. The molecule has 1 aromatic carbocycles. The van der Waals surface area contributed by atoms with Crippen LogP contribution in [0.3, 0.4) is 0 Å². The number of anilines is 3. The Labute approximate surface area is 167 Å². The highest BCUT2D eigenvalue weighted by atomic mass is 16.2. The molecule has 0 bridgehead atoms. The number of hydrogen-bond acceptors (Lipinski definition) is 4. The summed E-state index contributed by atoms with van der Waals surface area (Å²) in [4.78, 5) is 17.7. The summed E-state index contributed by atoms with van der Waals surface area (Å²) in [5.74, 6) is -0.0846. The molecule has 0 unspecified atom stereocenters. The third-order valence-corrected chi connectivity index (χ3v) is 5.92. The first-order valence-electron chi connectivity index (χ1n) is 10.6. The number of amides is 1. The lowest BCUT2D eigenvalue weighted by Gasteiger charge is -2.25. The maximum Gasteiger partial charge on any atom is 0.276 e. The SMILES string of the molecule is Cc1nn(C)c2c1N(CCCCCCN1CCCC1)c1ccccc1NC2=O. The van der Waals surface area contributed by atoms with Crippen molar-refractivity contribution < 1.29 is 4.79 Å². The van der Waals surface area contributed by atoms with Crippen LogP contribution in [0, 0.1) is 6.92 Å². The van der Waals surface area contributed by atoms with Gasteiger partial charge < -0.3 is 15.1 Å². The second kappa shape index (κ2) is 8.35. The van der Waals surface area contributed by atoms with Crippen molar-refractivity contribution in [1.82, 2.24) is 14.7 Å². The quantitative estimate of drug-likeness (QED) is 0.734. The van der Waals surface area contributed by atoms with Gasteiger partial charge in [-0.3, -0.25) is 9.48 Å². The first-order valence-corrected chi connectivity index (χ1v) is 10.6. The highest BCUT2D eigenvalue weighted by molar-refractivity contribution is 6.11. The van der Waals surface area contributed by atoms with E-state index in [0.29, 0.717) is 5.69 Å². The van der Waals surface area contributed by atoms with Crippen LogP contribution in [0.4, 0.5) is 17.1 Å². The molecule has 3 heterocycles. The fraction of sp³-hybridized carbons (Fsp3) is 0.545. The van der Waals surface area contributed by atoms with E-state index in [2.05, 4.69) is 26.3 Å². The predicted molar refractivity (Wildman–Crippen MR) is 113 cm³/mol. The number of nitrogens with one attached hydrogen (secondary N) is 1. The Bertz CT molecular complexity index is 837. The smallest absolute Gasteiger partial charge is 0.276 e. The van der Waals surface area contributed by atoms with Crippen LogP contribution >= 0.6 is 0 Å². The van der Waals surface area contributed by atoms with Crippen molar-refractivity contribution in [3.8, 4) is 0 Å². The van der Waals surface area contributed by atoms with E-state index in [0.717, 1.165) is 35.7 Å². The number of aryl methyl sites for hydroxylation is 2. The van der Waals surface area contributed by atoms with Crippen LogP contribution in [-0.2, 0) is 7.05 Å². The average molecular weight is 382 g/mol. The van der Waals surface area contributed by atoms with Crippen molar-refractivity contribution in [2.45, 2.75) is 45.4 Å². The van der Waals surface area contributed by atoms with Crippen LogP contribution in [0.25, 0.3) is 0 Å².